The molecule has 5 atom stereocenters. The standard InChI is InChI=1S/C18H16BrClN6O4S2/c1-29-15-17(31)30-12(6-27)14(28)18(15,9-2-8(19)4-22-10(9)3-21)26-5-11(24-25-26)16-23-13(20)7-32-16/h2,4-5,7,12,14-15,17,27-28,31H,6H2,1H3/t12-,14+,15+,17-,18+/m0/s1. The second-order valence-corrected chi connectivity index (χ2v) is 9.53. The van der Waals surface area contributed by atoms with Gasteiger partial charge in [-0.25, -0.2) is 14.6 Å². The average Bonchev–Trinajstić information content (AvgIpc) is 3.44. The third-order valence-corrected chi connectivity index (χ3v) is 7.22. The SMILES string of the molecule is CO[C@@H]1[C@H](S)O[C@@H](CO)[C@@H](O)[C@@]1(c1cc(Br)cnc1C#N)n1cc(-c2nc(Cl)cs2)nn1. The fourth-order valence-corrected chi connectivity index (χ4v) is 5.61. The first-order chi connectivity index (χ1) is 15.4. The van der Waals surface area contributed by atoms with E-state index in [4.69, 9.17) is 21.1 Å². The number of aliphatic hydroxyl groups excluding tert-OH is 2. The number of methoxy groups -OCH3 is 1. The number of aromatic nitrogens is 5. The van der Waals surface area contributed by atoms with E-state index in [9.17, 15) is 15.5 Å². The molecule has 0 aliphatic carbocycles. The summed E-state index contributed by atoms with van der Waals surface area (Å²) in [5.74, 6) is 0. The number of nitrogens with zero attached hydrogens (tertiary/aromatic N) is 6. The number of thiol groups is 1. The van der Waals surface area contributed by atoms with Gasteiger partial charge >= 0.3 is 0 Å². The third-order valence-electron chi connectivity index (χ3n) is 5.20. The predicted octanol–water partition coefficient (Wildman–Crippen LogP) is 1.85. The van der Waals surface area contributed by atoms with Crippen LogP contribution in [0.25, 0.3) is 10.7 Å². The Morgan fingerprint density at radius 3 is 2.94 bits per heavy atom. The summed E-state index contributed by atoms with van der Waals surface area (Å²) in [6.07, 6.45) is -0.404. The first-order valence-electron chi connectivity index (χ1n) is 9.12. The van der Waals surface area contributed by atoms with Crippen LogP contribution in [-0.4, -0.2) is 72.6 Å². The molecule has 4 heterocycles. The Balaban J connectivity index is 2.03. The van der Waals surface area contributed by atoms with Crippen molar-refractivity contribution in [2.75, 3.05) is 13.7 Å². The van der Waals surface area contributed by atoms with Gasteiger partial charge in [0.05, 0.1) is 12.8 Å². The van der Waals surface area contributed by atoms with Gasteiger partial charge in [0.2, 0.25) is 0 Å². The molecule has 1 aliphatic heterocycles. The molecule has 0 radical (unpaired) electrons. The van der Waals surface area contributed by atoms with E-state index in [1.807, 2.05) is 0 Å². The van der Waals surface area contributed by atoms with Gasteiger partial charge in [-0.1, -0.05) is 16.8 Å². The topological polar surface area (TPSA) is 139 Å². The number of nitriles is 1. The second-order valence-electron chi connectivity index (χ2n) is 6.86. The highest BCUT2D eigenvalue weighted by atomic mass is 79.9. The van der Waals surface area contributed by atoms with Crippen LogP contribution in [0.15, 0.2) is 28.3 Å². The van der Waals surface area contributed by atoms with Crippen molar-refractivity contribution in [1.29, 1.82) is 5.26 Å². The van der Waals surface area contributed by atoms with Crippen molar-refractivity contribution in [3.63, 3.8) is 0 Å². The van der Waals surface area contributed by atoms with Crippen LogP contribution in [0.4, 0.5) is 0 Å². The Kier molecular flexibility index (Phi) is 6.85. The fraction of sp³-hybridized carbons (Fsp3) is 0.389. The zero-order valence-corrected chi connectivity index (χ0v) is 20.4. The summed E-state index contributed by atoms with van der Waals surface area (Å²) in [6, 6.07) is 3.69. The van der Waals surface area contributed by atoms with E-state index in [1.54, 1.807) is 17.6 Å². The Morgan fingerprint density at radius 2 is 2.31 bits per heavy atom. The van der Waals surface area contributed by atoms with Crippen molar-refractivity contribution in [1.82, 2.24) is 25.0 Å². The number of aliphatic hydroxyl groups is 2. The molecule has 0 amide bonds. The lowest BCUT2D eigenvalue weighted by atomic mass is 9.75. The van der Waals surface area contributed by atoms with Crippen molar-refractivity contribution in [2.45, 2.75) is 29.3 Å². The molecule has 2 N–H and O–H groups in total. The van der Waals surface area contributed by atoms with Crippen LogP contribution in [0.1, 0.15) is 11.3 Å². The van der Waals surface area contributed by atoms with Gasteiger partial charge in [0.15, 0.2) is 0 Å². The zero-order chi connectivity index (χ0) is 23.0. The fourth-order valence-electron chi connectivity index (χ4n) is 3.88. The minimum absolute atomic E-state index is 0.0303. The molecule has 0 spiro atoms. The summed E-state index contributed by atoms with van der Waals surface area (Å²) in [5.41, 5.74) is -1.76. The highest BCUT2D eigenvalue weighted by molar-refractivity contribution is 9.10. The highest BCUT2D eigenvalue weighted by Crippen LogP contribution is 2.45. The third kappa shape index (κ3) is 3.74. The maximum absolute atomic E-state index is 11.5. The predicted molar refractivity (Wildman–Crippen MR) is 121 cm³/mol. The lowest BCUT2D eigenvalue weighted by molar-refractivity contribution is -0.213. The molecule has 14 heteroatoms. The molecule has 1 fully saturated rings. The number of halogens is 2. The van der Waals surface area contributed by atoms with Crippen molar-refractivity contribution in [3.05, 3.63) is 44.7 Å². The lowest BCUT2D eigenvalue weighted by Gasteiger charge is -2.51. The van der Waals surface area contributed by atoms with E-state index in [1.165, 1.54) is 29.3 Å². The molecule has 0 bridgehead atoms. The Labute approximate surface area is 205 Å². The smallest absolute Gasteiger partial charge is 0.150 e. The van der Waals surface area contributed by atoms with Crippen LogP contribution in [0, 0.1) is 11.3 Å². The van der Waals surface area contributed by atoms with Crippen LogP contribution in [0.5, 0.6) is 0 Å². The summed E-state index contributed by atoms with van der Waals surface area (Å²) >= 11 is 15.1. The van der Waals surface area contributed by atoms with Crippen molar-refractivity contribution >= 4 is 51.5 Å². The van der Waals surface area contributed by atoms with Crippen LogP contribution in [0.2, 0.25) is 5.15 Å². The number of hydrogen-bond donors (Lipinski definition) is 3. The van der Waals surface area contributed by atoms with Crippen LogP contribution < -0.4 is 0 Å². The van der Waals surface area contributed by atoms with Gasteiger partial charge in [-0.05, 0) is 22.0 Å². The van der Waals surface area contributed by atoms with Crippen LogP contribution in [0.3, 0.4) is 0 Å². The summed E-state index contributed by atoms with van der Waals surface area (Å²) in [7, 11) is 1.42. The molecule has 1 saturated heterocycles. The number of ether oxygens (including phenoxy) is 2. The molecule has 0 unspecified atom stereocenters. The minimum Gasteiger partial charge on any atom is -0.394 e. The molecule has 4 rings (SSSR count). The molecule has 3 aromatic heterocycles. The van der Waals surface area contributed by atoms with Gasteiger partial charge in [0, 0.05) is 28.7 Å². The maximum Gasteiger partial charge on any atom is 0.150 e. The summed E-state index contributed by atoms with van der Waals surface area (Å²) in [4.78, 5) is 8.41. The number of pyridine rings is 1. The molecule has 32 heavy (non-hydrogen) atoms. The van der Waals surface area contributed by atoms with Crippen molar-refractivity contribution in [3.8, 4) is 16.8 Å². The summed E-state index contributed by atoms with van der Waals surface area (Å²) < 4.78 is 13.4. The van der Waals surface area contributed by atoms with E-state index < -0.39 is 35.9 Å². The normalized spacial score (nSPS) is 27.9. The quantitative estimate of drug-likeness (QED) is 0.400. The molecule has 0 saturated carbocycles. The lowest BCUT2D eigenvalue weighted by Crippen LogP contribution is -2.68. The number of thiazole rings is 1. The maximum atomic E-state index is 11.5. The number of rotatable bonds is 5. The Morgan fingerprint density at radius 1 is 1.53 bits per heavy atom. The summed E-state index contributed by atoms with van der Waals surface area (Å²) in [6.45, 7) is -0.511. The van der Waals surface area contributed by atoms with Gasteiger partial charge in [-0.2, -0.15) is 5.26 Å². The van der Waals surface area contributed by atoms with Crippen molar-refractivity contribution in [2.24, 2.45) is 0 Å². The first kappa shape index (κ1) is 23.5. The minimum atomic E-state index is -1.58. The average molecular weight is 560 g/mol. The monoisotopic (exact) mass is 558 g/mol. The van der Waals surface area contributed by atoms with Crippen molar-refractivity contribution < 1.29 is 19.7 Å². The van der Waals surface area contributed by atoms with Crippen LogP contribution in [-0.2, 0) is 15.0 Å². The van der Waals surface area contributed by atoms with E-state index in [0.717, 1.165) is 0 Å². The largest absolute Gasteiger partial charge is 0.394 e. The van der Waals surface area contributed by atoms with Gasteiger partial charge in [-0.3, -0.25) is 0 Å². The summed E-state index contributed by atoms with van der Waals surface area (Å²) in [5, 5.41) is 42.2. The van der Waals surface area contributed by atoms with Gasteiger partial charge < -0.3 is 19.7 Å². The highest BCUT2D eigenvalue weighted by Gasteiger charge is 2.60. The Hall–Kier alpha value is -1.63. The Bertz CT molecular complexity index is 1170. The number of hydrogen-bond acceptors (Lipinski definition) is 11. The van der Waals surface area contributed by atoms with E-state index in [-0.39, 0.29) is 5.69 Å². The van der Waals surface area contributed by atoms with Gasteiger partial charge in [0.1, 0.15) is 56.9 Å². The van der Waals surface area contributed by atoms with Crippen LogP contribution >= 0.6 is 51.5 Å². The first-order valence-corrected chi connectivity index (χ1v) is 11.7. The second kappa shape index (κ2) is 9.32. The van der Waals surface area contributed by atoms with E-state index in [0.29, 0.717) is 25.9 Å². The molecular formula is C18H16BrClN6O4S2. The molecule has 3 aromatic rings. The zero-order valence-electron chi connectivity index (χ0n) is 16.3. The van der Waals surface area contributed by atoms with E-state index >= 15 is 0 Å². The molecule has 0 aromatic carbocycles. The molecule has 168 valence electrons. The molecule has 10 nitrogen and oxygen atoms in total. The molecule has 1 aliphatic rings. The van der Waals surface area contributed by atoms with Gasteiger partial charge in [0.25, 0.3) is 0 Å². The van der Waals surface area contributed by atoms with E-state index in [2.05, 4.69) is 54.9 Å². The van der Waals surface area contributed by atoms with Gasteiger partial charge in [-0.15, -0.1) is 29.1 Å². The molecular weight excluding hydrogens is 544 g/mol.